The Morgan fingerprint density at radius 1 is 1.08 bits per heavy atom. The van der Waals surface area contributed by atoms with E-state index >= 15 is 0 Å². The van der Waals surface area contributed by atoms with Gasteiger partial charge in [0.1, 0.15) is 5.69 Å². The fourth-order valence-corrected chi connectivity index (χ4v) is 3.08. The zero-order valence-corrected chi connectivity index (χ0v) is 15.2. The predicted molar refractivity (Wildman–Crippen MR) is 95.4 cm³/mol. The molecule has 1 N–H and O–H groups in total. The quantitative estimate of drug-likeness (QED) is 0.727. The lowest BCUT2D eigenvalue weighted by molar-refractivity contribution is -0.137. The van der Waals surface area contributed by atoms with Crippen molar-refractivity contribution in [2.24, 2.45) is 7.05 Å². The summed E-state index contributed by atoms with van der Waals surface area (Å²) in [5.41, 5.74) is 2.01. The van der Waals surface area contributed by atoms with Crippen LogP contribution in [-0.2, 0) is 27.7 Å². The van der Waals surface area contributed by atoms with Crippen LogP contribution in [0.4, 0.5) is 0 Å². The summed E-state index contributed by atoms with van der Waals surface area (Å²) in [7, 11) is 1.73. The van der Waals surface area contributed by atoms with Crippen LogP contribution < -0.4 is 0 Å². The van der Waals surface area contributed by atoms with Gasteiger partial charge < -0.3 is 19.1 Å². The summed E-state index contributed by atoms with van der Waals surface area (Å²) < 4.78 is 12.0. The predicted octanol–water partition coefficient (Wildman–Crippen LogP) is 2.94. The maximum absolute atomic E-state index is 12.5. The third kappa shape index (κ3) is 3.87. The molecule has 26 heavy (non-hydrogen) atoms. The largest absolute Gasteiger partial charge is 0.481 e. The van der Waals surface area contributed by atoms with Crippen molar-refractivity contribution in [2.45, 2.75) is 33.1 Å². The van der Waals surface area contributed by atoms with Crippen LogP contribution in [0.15, 0.2) is 18.2 Å². The van der Waals surface area contributed by atoms with Gasteiger partial charge in [-0.15, -0.1) is 0 Å². The Bertz CT molecular complexity index is 836. The second kappa shape index (κ2) is 8.51. The van der Waals surface area contributed by atoms with Gasteiger partial charge in [0.25, 0.3) is 0 Å². The van der Waals surface area contributed by atoms with E-state index in [0.717, 1.165) is 0 Å². The molecular weight excluding hydrogens is 338 g/mol. The fourth-order valence-electron chi connectivity index (χ4n) is 3.08. The number of ether oxygens (including phenoxy) is 2. The number of hydrogen-bond acceptors (Lipinski definition) is 5. The zero-order chi connectivity index (χ0) is 19.3. The summed E-state index contributed by atoms with van der Waals surface area (Å²) >= 11 is 0. The van der Waals surface area contributed by atoms with Crippen LogP contribution in [0.3, 0.4) is 0 Å². The van der Waals surface area contributed by atoms with Gasteiger partial charge in [0, 0.05) is 24.4 Å². The molecule has 7 heteroatoms. The molecule has 1 aromatic heterocycles. The molecular formula is C19H23NO6. The normalized spacial score (nSPS) is 10.7. The molecule has 0 aliphatic rings. The van der Waals surface area contributed by atoms with Crippen molar-refractivity contribution in [3.05, 3.63) is 35.0 Å². The molecule has 0 radical (unpaired) electrons. The fraction of sp³-hybridized carbons (Fsp3) is 0.421. The smallest absolute Gasteiger partial charge is 0.355 e. The molecule has 0 atom stereocenters. The maximum Gasteiger partial charge on any atom is 0.355 e. The first-order valence-electron chi connectivity index (χ1n) is 8.58. The van der Waals surface area contributed by atoms with E-state index in [4.69, 9.17) is 14.6 Å². The van der Waals surface area contributed by atoms with E-state index in [1.54, 1.807) is 37.6 Å². The van der Waals surface area contributed by atoms with Crippen molar-refractivity contribution in [1.82, 2.24) is 4.57 Å². The van der Waals surface area contributed by atoms with Gasteiger partial charge in [-0.05, 0) is 44.4 Å². The standard InChI is InChI=1S/C19H23NO6/c1-4-25-18(23)13-9-6-10-14-16(13)12(8-7-11-15(21)22)17(20(14)3)19(24)26-5-2/h6,9-10H,4-5,7-8,11H2,1-3H3,(H,21,22). The lowest BCUT2D eigenvalue weighted by Crippen LogP contribution is -2.12. The Hall–Kier alpha value is -2.83. The molecule has 0 saturated heterocycles. The molecule has 2 rings (SSSR count). The van der Waals surface area contributed by atoms with E-state index < -0.39 is 17.9 Å². The number of hydrogen-bond donors (Lipinski definition) is 1. The van der Waals surface area contributed by atoms with E-state index in [1.807, 2.05) is 6.07 Å². The van der Waals surface area contributed by atoms with Crippen LogP contribution in [0.25, 0.3) is 10.9 Å². The van der Waals surface area contributed by atoms with Crippen LogP contribution in [0.1, 0.15) is 53.1 Å². The summed E-state index contributed by atoms with van der Waals surface area (Å²) in [6, 6.07) is 5.18. The molecule has 0 saturated carbocycles. The average Bonchev–Trinajstić information content (AvgIpc) is 2.87. The lowest BCUT2D eigenvalue weighted by Gasteiger charge is -2.08. The second-order valence-corrected chi connectivity index (χ2v) is 5.77. The van der Waals surface area contributed by atoms with Gasteiger partial charge in [-0.1, -0.05) is 6.07 Å². The van der Waals surface area contributed by atoms with Gasteiger partial charge in [0.2, 0.25) is 0 Å². The molecule has 0 unspecified atom stereocenters. The first-order valence-corrected chi connectivity index (χ1v) is 8.58. The zero-order valence-electron chi connectivity index (χ0n) is 15.2. The van der Waals surface area contributed by atoms with E-state index in [1.165, 1.54) is 0 Å². The lowest BCUT2D eigenvalue weighted by atomic mass is 10.00. The van der Waals surface area contributed by atoms with Crippen molar-refractivity contribution >= 4 is 28.8 Å². The number of carboxylic acid groups (broad SMARTS) is 1. The highest BCUT2D eigenvalue weighted by Crippen LogP contribution is 2.31. The topological polar surface area (TPSA) is 94.8 Å². The van der Waals surface area contributed by atoms with Gasteiger partial charge in [-0.25, -0.2) is 9.59 Å². The third-order valence-corrected chi connectivity index (χ3v) is 4.11. The Morgan fingerprint density at radius 2 is 1.73 bits per heavy atom. The third-order valence-electron chi connectivity index (χ3n) is 4.11. The van der Waals surface area contributed by atoms with Crippen LogP contribution in [0, 0.1) is 0 Å². The molecule has 0 amide bonds. The first kappa shape index (κ1) is 19.5. The highest BCUT2D eigenvalue weighted by atomic mass is 16.5. The number of benzene rings is 1. The summed E-state index contributed by atoms with van der Waals surface area (Å²) in [6.45, 7) is 3.90. The van der Waals surface area contributed by atoms with Crippen molar-refractivity contribution in [1.29, 1.82) is 0 Å². The van der Waals surface area contributed by atoms with Gasteiger partial charge in [0.05, 0.1) is 18.8 Å². The Balaban J connectivity index is 2.66. The number of carbonyl (C=O) groups is 3. The molecule has 0 aliphatic heterocycles. The summed E-state index contributed by atoms with van der Waals surface area (Å²) in [6.07, 6.45) is 0.659. The Kier molecular flexibility index (Phi) is 6.38. The van der Waals surface area contributed by atoms with Crippen LogP contribution >= 0.6 is 0 Å². The number of esters is 2. The van der Waals surface area contributed by atoms with Crippen LogP contribution in [0.2, 0.25) is 0 Å². The van der Waals surface area contributed by atoms with Crippen molar-refractivity contribution in [3.8, 4) is 0 Å². The average molecular weight is 361 g/mol. The van der Waals surface area contributed by atoms with E-state index in [0.29, 0.717) is 40.6 Å². The van der Waals surface area contributed by atoms with E-state index in [-0.39, 0.29) is 19.6 Å². The minimum atomic E-state index is -0.909. The number of carboxylic acids is 1. The molecule has 7 nitrogen and oxygen atoms in total. The number of aromatic nitrogens is 1. The molecule has 1 heterocycles. The SMILES string of the molecule is CCOC(=O)c1cccc2c1c(CCCC(=O)O)c(C(=O)OCC)n2C. The summed E-state index contributed by atoms with van der Waals surface area (Å²) in [5, 5.41) is 9.53. The Morgan fingerprint density at radius 3 is 2.35 bits per heavy atom. The minimum Gasteiger partial charge on any atom is -0.481 e. The highest BCUT2D eigenvalue weighted by Gasteiger charge is 2.25. The maximum atomic E-state index is 12.5. The molecule has 0 aliphatic carbocycles. The molecule has 0 bridgehead atoms. The summed E-state index contributed by atoms with van der Waals surface area (Å²) in [4.78, 5) is 35.7. The van der Waals surface area contributed by atoms with Crippen molar-refractivity contribution in [2.75, 3.05) is 13.2 Å². The van der Waals surface area contributed by atoms with Crippen molar-refractivity contribution in [3.63, 3.8) is 0 Å². The monoisotopic (exact) mass is 361 g/mol. The number of rotatable bonds is 8. The highest BCUT2D eigenvalue weighted by molar-refractivity contribution is 6.09. The molecule has 0 fully saturated rings. The minimum absolute atomic E-state index is 0.0276. The van der Waals surface area contributed by atoms with Crippen molar-refractivity contribution < 1.29 is 29.0 Å². The van der Waals surface area contributed by atoms with Crippen LogP contribution in [0.5, 0.6) is 0 Å². The van der Waals surface area contributed by atoms with Gasteiger partial charge in [-0.3, -0.25) is 4.79 Å². The number of aryl methyl sites for hydroxylation is 2. The molecule has 2 aromatic rings. The number of carbonyl (C=O) groups excluding carboxylic acids is 2. The van der Waals surface area contributed by atoms with Crippen LogP contribution in [-0.4, -0.2) is 40.8 Å². The van der Waals surface area contributed by atoms with Gasteiger partial charge in [0.15, 0.2) is 0 Å². The number of aliphatic carboxylic acids is 1. The number of nitrogens with zero attached hydrogens (tertiary/aromatic N) is 1. The number of fused-ring (bicyclic) bond motifs is 1. The first-order chi connectivity index (χ1) is 12.4. The van der Waals surface area contributed by atoms with Gasteiger partial charge in [-0.2, -0.15) is 0 Å². The van der Waals surface area contributed by atoms with E-state index in [2.05, 4.69) is 0 Å². The van der Waals surface area contributed by atoms with Gasteiger partial charge >= 0.3 is 17.9 Å². The molecule has 140 valence electrons. The molecule has 0 spiro atoms. The summed E-state index contributed by atoms with van der Waals surface area (Å²) in [5.74, 6) is -1.88. The van der Waals surface area contributed by atoms with E-state index in [9.17, 15) is 14.4 Å². The Labute approximate surface area is 151 Å². The second-order valence-electron chi connectivity index (χ2n) is 5.77. The molecule has 1 aromatic carbocycles.